The minimum absolute atomic E-state index is 0.824. The van der Waals surface area contributed by atoms with Gasteiger partial charge in [-0.2, -0.15) is 0 Å². The van der Waals surface area contributed by atoms with Crippen LogP contribution in [0.25, 0.3) is 84.1 Å². The highest BCUT2D eigenvalue weighted by molar-refractivity contribution is 5.97. The molecule has 5 heteroatoms. The number of benzene rings is 5. The standard InChI is InChI=1S/C44H29N5/c1-4-15-31(16-5-1)38-39(32-17-6-2-7-18-32)48-41(40(47-38)33-19-8-3-9-20-33)34-23-25-35(26-24-34)44-43(46-37-22-12-13-29-49(37)44)42-36-21-11-10-14-30(36)27-28-45-42/h1-29H. The molecule has 5 nitrogen and oxygen atoms in total. The van der Waals surface area contributed by atoms with Gasteiger partial charge in [-0.05, 0) is 23.6 Å². The lowest BCUT2D eigenvalue weighted by Crippen LogP contribution is -2.01. The van der Waals surface area contributed by atoms with Gasteiger partial charge < -0.3 is 0 Å². The number of fused-ring (bicyclic) bond motifs is 2. The van der Waals surface area contributed by atoms with Crippen LogP contribution in [0.4, 0.5) is 0 Å². The minimum Gasteiger partial charge on any atom is -0.299 e. The van der Waals surface area contributed by atoms with Gasteiger partial charge in [-0.15, -0.1) is 0 Å². The number of aromatic nitrogens is 5. The first-order valence-electron chi connectivity index (χ1n) is 16.3. The Kier molecular flexibility index (Phi) is 7.06. The number of nitrogens with zero attached hydrogens (tertiary/aromatic N) is 5. The fourth-order valence-corrected chi connectivity index (χ4v) is 6.56. The normalized spacial score (nSPS) is 11.3. The zero-order valence-electron chi connectivity index (χ0n) is 26.5. The second-order valence-electron chi connectivity index (χ2n) is 11.9. The van der Waals surface area contributed by atoms with Crippen LogP contribution in [-0.4, -0.2) is 24.3 Å². The molecule has 4 aromatic heterocycles. The van der Waals surface area contributed by atoms with Crippen molar-refractivity contribution in [1.82, 2.24) is 24.3 Å². The van der Waals surface area contributed by atoms with Crippen molar-refractivity contribution >= 4 is 16.4 Å². The van der Waals surface area contributed by atoms with Crippen LogP contribution < -0.4 is 0 Å². The molecule has 9 aromatic rings. The van der Waals surface area contributed by atoms with Gasteiger partial charge in [0.05, 0.1) is 34.2 Å². The maximum atomic E-state index is 5.42. The highest BCUT2D eigenvalue weighted by Gasteiger charge is 2.21. The van der Waals surface area contributed by atoms with Crippen molar-refractivity contribution in [2.75, 3.05) is 0 Å². The van der Waals surface area contributed by atoms with E-state index in [4.69, 9.17) is 19.9 Å². The molecule has 0 N–H and O–H groups in total. The van der Waals surface area contributed by atoms with Crippen molar-refractivity contribution in [3.8, 4) is 67.7 Å². The summed E-state index contributed by atoms with van der Waals surface area (Å²) in [6, 6.07) is 56.0. The third-order valence-corrected chi connectivity index (χ3v) is 8.90. The van der Waals surface area contributed by atoms with Crippen LogP contribution in [0.3, 0.4) is 0 Å². The van der Waals surface area contributed by atoms with Gasteiger partial charge >= 0.3 is 0 Å². The maximum Gasteiger partial charge on any atom is 0.138 e. The van der Waals surface area contributed by atoms with Gasteiger partial charge in [0, 0.05) is 45.6 Å². The molecule has 5 aromatic carbocycles. The molecule has 0 atom stereocenters. The Morgan fingerprint density at radius 1 is 0.347 bits per heavy atom. The van der Waals surface area contributed by atoms with Crippen molar-refractivity contribution in [3.05, 3.63) is 176 Å². The van der Waals surface area contributed by atoms with Gasteiger partial charge in [-0.1, -0.05) is 146 Å². The van der Waals surface area contributed by atoms with E-state index in [9.17, 15) is 0 Å². The van der Waals surface area contributed by atoms with E-state index in [0.717, 1.165) is 84.1 Å². The van der Waals surface area contributed by atoms with Crippen molar-refractivity contribution in [2.45, 2.75) is 0 Å². The quantitative estimate of drug-likeness (QED) is 0.184. The van der Waals surface area contributed by atoms with E-state index in [-0.39, 0.29) is 0 Å². The predicted molar refractivity (Wildman–Crippen MR) is 199 cm³/mol. The monoisotopic (exact) mass is 627 g/mol. The van der Waals surface area contributed by atoms with Crippen molar-refractivity contribution in [1.29, 1.82) is 0 Å². The number of hydrogen-bond acceptors (Lipinski definition) is 4. The Bertz CT molecular complexity index is 2570. The summed E-state index contributed by atoms with van der Waals surface area (Å²) in [6.07, 6.45) is 3.93. The van der Waals surface area contributed by atoms with E-state index in [1.807, 2.05) is 85.1 Å². The topological polar surface area (TPSA) is 56.0 Å². The van der Waals surface area contributed by atoms with Gasteiger partial charge in [0.25, 0.3) is 0 Å². The molecule has 0 radical (unpaired) electrons. The molecule has 0 aliphatic rings. The summed E-state index contributed by atoms with van der Waals surface area (Å²) in [6.45, 7) is 0. The van der Waals surface area contributed by atoms with Gasteiger partial charge in [0.1, 0.15) is 11.3 Å². The minimum atomic E-state index is 0.824. The summed E-state index contributed by atoms with van der Waals surface area (Å²) in [5.41, 5.74) is 12.0. The molecule has 0 aliphatic carbocycles. The summed E-state index contributed by atoms with van der Waals surface area (Å²) in [7, 11) is 0. The van der Waals surface area contributed by atoms with Crippen molar-refractivity contribution in [2.24, 2.45) is 0 Å². The zero-order chi connectivity index (χ0) is 32.6. The predicted octanol–water partition coefficient (Wildman–Crippen LogP) is 10.7. The van der Waals surface area contributed by atoms with E-state index in [1.165, 1.54) is 0 Å². The molecule has 230 valence electrons. The van der Waals surface area contributed by atoms with Crippen LogP contribution in [0.15, 0.2) is 176 Å². The number of pyridine rings is 2. The fraction of sp³-hybridized carbons (Fsp3) is 0. The second kappa shape index (κ2) is 12.1. The number of imidazole rings is 1. The van der Waals surface area contributed by atoms with Crippen LogP contribution in [0.1, 0.15) is 0 Å². The van der Waals surface area contributed by atoms with Gasteiger partial charge in [0.15, 0.2) is 0 Å². The lowest BCUT2D eigenvalue weighted by molar-refractivity contribution is 1.19. The summed E-state index contributed by atoms with van der Waals surface area (Å²) in [4.78, 5) is 20.7. The van der Waals surface area contributed by atoms with Crippen molar-refractivity contribution < 1.29 is 0 Å². The average Bonchev–Trinajstić information content (AvgIpc) is 3.58. The van der Waals surface area contributed by atoms with Gasteiger partial charge in [-0.3, -0.25) is 9.38 Å². The smallest absolute Gasteiger partial charge is 0.138 e. The SMILES string of the molecule is c1ccc(-c2nc(-c3ccccc3)c(-c3ccc(-c4c(-c5nccc6ccccc56)nc5ccccn45)cc3)nc2-c2ccccc2)cc1. The van der Waals surface area contributed by atoms with Crippen LogP contribution in [0.5, 0.6) is 0 Å². The summed E-state index contributed by atoms with van der Waals surface area (Å²) >= 11 is 0. The Hall–Kier alpha value is -6.72. The van der Waals surface area contributed by atoms with Gasteiger partial charge in [0.2, 0.25) is 0 Å². The van der Waals surface area contributed by atoms with E-state index in [2.05, 4.69) is 95.5 Å². The fourth-order valence-electron chi connectivity index (χ4n) is 6.56. The average molecular weight is 628 g/mol. The second-order valence-corrected chi connectivity index (χ2v) is 11.9. The third-order valence-electron chi connectivity index (χ3n) is 8.90. The van der Waals surface area contributed by atoms with Crippen LogP contribution in [0, 0.1) is 0 Å². The van der Waals surface area contributed by atoms with E-state index in [1.54, 1.807) is 0 Å². The molecule has 0 aliphatic heterocycles. The molecule has 0 saturated heterocycles. The molecule has 49 heavy (non-hydrogen) atoms. The molecule has 0 amide bonds. The van der Waals surface area contributed by atoms with Crippen LogP contribution in [-0.2, 0) is 0 Å². The summed E-state index contributed by atoms with van der Waals surface area (Å²) < 4.78 is 2.14. The molecule has 0 fully saturated rings. The summed E-state index contributed by atoms with van der Waals surface area (Å²) in [5.74, 6) is 0. The maximum absolute atomic E-state index is 5.42. The molecule has 0 bridgehead atoms. The molecule has 0 unspecified atom stereocenters. The third kappa shape index (κ3) is 5.14. The number of hydrogen-bond donors (Lipinski definition) is 0. The Balaban J connectivity index is 1.24. The Morgan fingerprint density at radius 2 is 0.837 bits per heavy atom. The summed E-state index contributed by atoms with van der Waals surface area (Å²) in [5, 5.41) is 2.20. The highest BCUT2D eigenvalue weighted by Crippen LogP contribution is 2.39. The largest absolute Gasteiger partial charge is 0.299 e. The highest BCUT2D eigenvalue weighted by atomic mass is 15.0. The lowest BCUT2D eigenvalue weighted by atomic mass is 9.98. The van der Waals surface area contributed by atoms with E-state index in [0.29, 0.717) is 0 Å². The van der Waals surface area contributed by atoms with E-state index >= 15 is 0 Å². The lowest BCUT2D eigenvalue weighted by Gasteiger charge is -2.16. The van der Waals surface area contributed by atoms with E-state index < -0.39 is 0 Å². The van der Waals surface area contributed by atoms with Crippen LogP contribution in [0.2, 0.25) is 0 Å². The molecule has 0 spiro atoms. The first kappa shape index (κ1) is 28.5. The van der Waals surface area contributed by atoms with Crippen molar-refractivity contribution in [3.63, 3.8) is 0 Å². The Labute approximate surface area is 283 Å². The molecular formula is C44H29N5. The van der Waals surface area contributed by atoms with Crippen LogP contribution >= 0.6 is 0 Å². The molecule has 0 saturated carbocycles. The van der Waals surface area contributed by atoms with Gasteiger partial charge in [-0.25, -0.2) is 15.0 Å². The number of rotatable bonds is 6. The first-order chi connectivity index (χ1) is 24.3. The molecule has 9 rings (SSSR count). The first-order valence-corrected chi connectivity index (χ1v) is 16.3. The molecular weight excluding hydrogens is 599 g/mol. The zero-order valence-corrected chi connectivity index (χ0v) is 26.5. The Morgan fingerprint density at radius 3 is 1.43 bits per heavy atom. The molecule has 4 heterocycles.